The van der Waals surface area contributed by atoms with Gasteiger partial charge >= 0.3 is 0 Å². The van der Waals surface area contributed by atoms with E-state index >= 15 is 0 Å². The lowest BCUT2D eigenvalue weighted by atomic mass is 9.85. The van der Waals surface area contributed by atoms with Crippen molar-refractivity contribution in [2.24, 2.45) is 0 Å². The van der Waals surface area contributed by atoms with E-state index in [4.69, 9.17) is 0 Å². The molecule has 0 radical (unpaired) electrons. The first-order chi connectivity index (χ1) is 19.1. The first kappa shape index (κ1) is 30.7. The zero-order chi connectivity index (χ0) is 29.4. The van der Waals surface area contributed by atoms with Gasteiger partial charge in [0.05, 0.1) is 12.2 Å². The number of benzene rings is 2. The molecule has 1 aliphatic heterocycles. The Labute approximate surface area is 234 Å². The van der Waals surface area contributed by atoms with Crippen molar-refractivity contribution in [3.8, 4) is 0 Å². The predicted molar refractivity (Wildman–Crippen MR) is 150 cm³/mol. The highest BCUT2D eigenvalue weighted by Crippen LogP contribution is 2.42. The lowest BCUT2D eigenvalue weighted by molar-refractivity contribution is -0.154. The van der Waals surface area contributed by atoms with Gasteiger partial charge in [0.15, 0.2) is 0 Å². The molecule has 2 N–H and O–H groups in total. The number of hydrogen-bond acceptors (Lipinski definition) is 4. The number of halogens is 4. The molecule has 40 heavy (non-hydrogen) atoms. The number of aryl methyl sites for hydroxylation is 1. The average Bonchev–Trinajstić information content (AvgIpc) is 2.92. The highest BCUT2D eigenvalue weighted by molar-refractivity contribution is 6.02. The lowest BCUT2D eigenvalue weighted by Gasteiger charge is -2.44. The SMILES string of the molecule is CC.CCN(C(=O)C(c1ccccc1C)N(C(=O)CNC1=C(F)NCC=C1)c1cccc(F)c1)C1CC(F)(F)C1.[HH]. The molecule has 2 aliphatic rings. The number of amides is 2. The van der Waals surface area contributed by atoms with Crippen LogP contribution >= 0.6 is 0 Å². The molecule has 6 nitrogen and oxygen atoms in total. The van der Waals surface area contributed by atoms with Gasteiger partial charge in [-0.3, -0.25) is 14.5 Å². The van der Waals surface area contributed by atoms with Crippen LogP contribution in [0.15, 0.2) is 72.3 Å². The third kappa shape index (κ3) is 7.03. The Morgan fingerprint density at radius 1 is 1.12 bits per heavy atom. The van der Waals surface area contributed by atoms with Gasteiger partial charge in [-0.2, -0.15) is 4.39 Å². The molecule has 0 spiro atoms. The van der Waals surface area contributed by atoms with Crippen LogP contribution in [0.4, 0.5) is 23.2 Å². The monoisotopic (exact) mass is 562 g/mol. The van der Waals surface area contributed by atoms with Gasteiger partial charge in [-0.15, -0.1) is 0 Å². The maximum absolute atomic E-state index is 14.4. The molecule has 1 atom stereocenters. The zero-order valence-electron chi connectivity index (χ0n) is 23.2. The van der Waals surface area contributed by atoms with Crippen molar-refractivity contribution >= 4 is 17.5 Å². The summed E-state index contributed by atoms with van der Waals surface area (Å²) >= 11 is 0. The summed E-state index contributed by atoms with van der Waals surface area (Å²) in [5, 5.41) is 5.26. The predicted octanol–water partition coefficient (Wildman–Crippen LogP) is 6.01. The Morgan fingerprint density at radius 3 is 2.42 bits per heavy atom. The van der Waals surface area contributed by atoms with Gasteiger partial charge in [0.25, 0.3) is 11.8 Å². The smallest absolute Gasteiger partial charge is 0.252 e. The van der Waals surface area contributed by atoms with Crippen LogP contribution in [-0.4, -0.2) is 48.3 Å². The third-order valence-electron chi connectivity index (χ3n) is 6.79. The molecule has 1 saturated carbocycles. The Hall–Kier alpha value is -3.82. The summed E-state index contributed by atoms with van der Waals surface area (Å²) in [6.45, 7) is 7.51. The van der Waals surface area contributed by atoms with Crippen molar-refractivity contribution < 1.29 is 28.6 Å². The van der Waals surface area contributed by atoms with Gasteiger partial charge in [-0.1, -0.05) is 50.3 Å². The summed E-state index contributed by atoms with van der Waals surface area (Å²) in [7, 11) is 0. The molecule has 1 aliphatic carbocycles. The Morgan fingerprint density at radius 2 is 1.82 bits per heavy atom. The van der Waals surface area contributed by atoms with Crippen LogP contribution < -0.4 is 15.5 Å². The van der Waals surface area contributed by atoms with Gasteiger partial charge in [0, 0.05) is 39.1 Å². The summed E-state index contributed by atoms with van der Waals surface area (Å²) in [6.07, 6.45) is 2.24. The molecule has 10 heteroatoms. The second-order valence-corrected chi connectivity index (χ2v) is 9.41. The number of carbonyl (C=O) groups excluding carboxylic acids is 2. The lowest BCUT2D eigenvalue weighted by Crippen LogP contribution is -2.56. The summed E-state index contributed by atoms with van der Waals surface area (Å²) in [5.41, 5.74) is 1.34. The number of dihydropyridines is 1. The largest absolute Gasteiger partial charge is 0.372 e. The van der Waals surface area contributed by atoms with Gasteiger partial charge in [0.2, 0.25) is 11.9 Å². The molecule has 2 aromatic rings. The van der Waals surface area contributed by atoms with Crippen LogP contribution in [0, 0.1) is 12.7 Å². The number of nitrogens with one attached hydrogen (secondary N) is 2. The highest BCUT2D eigenvalue weighted by atomic mass is 19.3. The second-order valence-electron chi connectivity index (χ2n) is 9.41. The fraction of sp³-hybridized carbons (Fsp3) is 0.400. The molecule has 0 bridgehead atoms. The molecule has 0 saturated heterocycles. The summed E-state index contributed by atoms with van der Waals surface area (Å²) in [6, 6.07) is 10.2. The Balaban J connectivity index is 0.00000192. The second kappa shape index (κ2) is 13.5. The van der Waals surface area contributed by atoms with Crippen LogP contribution in [0.5, 0.6) is 0 Å². The van der Waals surface area contributed by atoms with Crippen molar-refractivity contribution in [3.63, 3.8) is 0 Å². The quantitative estimate of drug-likeness (QED) is 0.290. The molecule has 2 amide bonds. The average molecular weight is 563 g/mol. The molecule has 1 unspecified atom stereocenters. The molecule has 2 aromatic carbocycles. The number of hydrogen-bond donors (Lipinski definition) is 2. The topological polar surface area (TPSA) is 64.7 Å². The number of allylic oxidation sites excluding steroid dienone is 1. The number of nitrogens with zero attached hydrogens (tertiary/aromatic N) is 2. The molecular weight excluding hydrogens is 524 g/mol. The van der Waals surface area contributed by atoms with E-state index in [1.54, 1.807) is 44.2 Å². The van der Waals surface area contributed by atoms with Crippen molar-refractivity contribution in [1.82, 2.24) is 15.5 Å². The molecule has 4 rings (SSSR count). The molecule has 1 fully saturated rings. The Bertz CT molecular complexity index is 1260. The van der Waals surface area contributed by atoms with E-state index in [0.29, 0.717) is 17.7 Å². The first-order valence-corrected chi connectivity index (χ1v) is 13.5. The van der Waals surface area contributed by atoms with Crippen molar-refractivity contribution in [3.05, 3.63) is 89.3 Å². The van der Waals surface area contributed by atoms with Crippen LogP contribution in [0.25, 0.3) is 0 Å². The molecular formula is C30H38F4N4O2. The maximum atomic E-state index is 14.4. The van der Waals surface area contributed by atoms with E-state index in [2.05, 4.69) is 10.6 Å². The van der Waals surface area contributed by atoms with Crippen molar-refractivity contribution in [1.29, 1.82) is 0 Å². The van der Waals surface area contributed by atoms with Gasteiger partial charge in [-0.25, -0.2) is 13.2 Å². The van der Waals surface area contributed by atoms with E-state index in [1.165, 1.54) is 34.1 Å². The van der Waals surface area contributed by atoms with Gasteiger partial charge in [-0.05, 0) is 49.2 Å². The highest BCUT2D eigenvalue weighted by Gasteiger charge is 2.50. The minimum absolute atomic E-state index is 0. The summed E-state index contributed by atoms with van der Waals surface area (Å²) < 4.78 is 56.0. The van der Waals surface area contributed by atoms with E-state index in [-0.39, 0.29) is 19.4 Å². The normalized spacial score (nSPS) is 16.6. The molecule has 0 aromatic heterocycles. The molecule has 218 valence electrons. The fourth-order valence-electron chi connectivity index (χ4n) is 4.83. The van der Waals surface area contributed by atoms with Gasteiger partial charge < -0.3 is 15.5 Å². The van der Waals surface area contributed by atoms with Crippen LogP contribution in [0.2, 0.25) is 0 Å². The van der Waals surface area contributed by atoms with E-state index in [0.717, 1.165) is 6.07 Å². The number of rotatable bonds is 9. The van der Waals surface area contributed by atoms with Crippen LogP contribution in [0.3, 0.4) is 0 Å². The van der Waals surface area contributed by atoms with E-state index in [1.807, 2.05) is 13.8 Å². The number of likely N-dealkylation sites (N-methyl/N-ethyl adjacent to an activating group) is 1. The third-order valence-corrected chi connectivity index (χ3v) is 6.79. The van der Waals surface area contributed by atoms with Gasteiger partial charge in [0.1, 0.15) is 11.9 Å². The zero-order valence-corrected chi connectivity index (χ0v) is 23.2. The minimum Gasteiger partial charge on any atom is -0.372 e. The number of anilines is 1. The van der Waals surface area contributed by atoms with Crippen molar-refractivity contribution in [2.75, 3.05) is 24.5 Å². The summed E-state index contributed by atoms with van der Waals surface area (Å²) in [5.74, 6) is -5.29. The minimum atomic E-state index is -2.85. The van der Waals surface area contributed by atoms with Crippen molar-refractivity contribution in [2.45, 2.75) is 58.5 Å². The fourth-order valence-corrected chi connectivity index (χ4v) is 4.83. The first-order valence-electron chi connectivity index (χ1n) is 13.5. The summed E-state index contributed by atoms with van der Waals surface area (Å²) in [4.78, 5) is 30.4. The number of alkyl halides is 2. The van der Waals surface area contributed by atoms with E-state index < -0.39 is 61.0 Å². The standard InChI is InChI=1S/C28H30F4N4O2.C2H6.H2/c1-3-35(21-15-28(31,32)16-21)27(38)25(22-11-5-4-8-18(22)2)36(20-10-6-9-19(29)14-20)24(37)17-34-23-12-7-13-33-26(23)30;1-2;/h4-12,14,21,25,33-34H,3,13,15-17H2,1-2H3;1-2H3;1H. The number of carbonyl (C=O) groups is 2. The molecule has 1 heterocycles. The maximum Gasteiger partial charge on any atom is 0.252 e. The van der Waals surface area contributed by atoms with Crippen LogP contribution in [-0.2, 0) is 9.59 Å². The van der Waals surface area contributed by atoms with Crippen LogP contribution in [0.1, 0.15) is 52.2 Å². The van der Waals surface area contributed by atoms with E-state index in [9.17, 15) is 27.2 Å². The Kier molecular flexibility index (Phi) is 10.4.